The van der Waals surface area contributed by atoms with Crippen LogP contribution in [-0.2, 0) is 6.61 Å². The quantitative estimate of drug-likeness (QED) is 0.678. The molecule has 2 aromatic rings. The van der Waals surface area contributed by atoms with Gasteiger partial charge in [0.15, 0.2) is 11.5 Å². The van der Waals surface area contributed by atoms with Crippen LogP contribution >= 0.6 is 43.2 Å². The third-order valence-electron chi connectivity index (χ3n) is 2.37. The number of hydrogen-bond donors (Lipinski definition) is 0. The van der Waals surface area contributed by atoms with Gasteiger partial charge in [-0.15, -0.1) is 11.3 Å². The van der Waals surface area contributed by atoms with Crippen molar-refractivity contribution in [3.05, 3.63) is 43.0 Å². The standard InChI is InChI=1S/C13H10Br2O3S/c1-17-12-3-8(5-16)2-11(15)13(12)18-6-10-4-9(14)7-19-10/h2-5,7H,6H2,1H3. The first-order valence-electron chi connectivity index (χ1n) is 5.32. The van der Waals surface area contributed by atoms with Crippen LogP contribution in [0.15, 0.2) is 32.5 Å². The van der Waals surface area contributed by atoms with Gasteiger partial charge >= 0.3 is 0 Å². The van der Waals surface area contributed by atoms with Crippen molar-refractivity contribution in [1.29, 1.82) is 0 Å². The molecule has 0 aliphatic heterocycles. The number of hydrogen-bond acceptors (Lipinski definition) is 4. The molecule has 0 radical (unpaired) electrons. The summed E-state index contributed by atoms with van der Waals surface area (Å²) in [5.41, 5.74) is 0.537. The molecule has 0 unspecified atom stereocenters. The smallest absolute Gasteiger partial charge is 0.175 e. The van der Waals surface area contributed by atoms with Gasteiger partial charge < -0.3 is 9.47 Å². The normalized spacial score (nSPS) is 10.3. The van der Waals surface area contributed by atoms with Crippen LogP contribution in [-0.4, -0.2) is 13.4 Å². The number of ether oxygens (including phenoxy) is 2. The Labute approximate surface area is 131 Å². The lowest BCUT2D eigenvalue weighted by Crippen LogP contribution is -1.98. The highest BCUT2D eigenvalue weighted by Crippen LogP contribution is 2.37. The van der Waals surface area contributed by atoms with Crippen LogP contribution in [0, 0.1) is 0 Å². The molecule has 0 aliphatic rings. The fourth-order valence-corrected chi connectivity index (χ4v) is 3.46. The predicted molar refractivity (Wildman–Crippen MR) is 82.4 cm³/mol. The van der Waals surface area contributed by atoms with E-state index in [-0.39, 0.29) is 0 Å². The maximum Gasteiger partial charge on any atom is 0.175 e. The first-order chi connectivity index (χ1) is 9.13. The van der Waals surface area contributed by atoms with Crippen LogP contribution in [0.4, 0.5) is 0 Å². The molecular formula is C13H10Br2O3S. The van der Waals surface area contributed by atoms with Crippen LogP contribution in [0.3, 0.4) is 0 Å². The van der Waals surface area contributed by atoms with Crippen molar-refractivity contribution in [1.82, 2.24) is 0 Å². The molecule has 3 nitrogen and oxygen atoms in total. The van der Waals surface area contributed by atoms with Gasteiger partial charge in [0, 0.05) is 20.3 Å². The van der Waals surface area contributed by atoms with Crippen LogP contribution in [0.2, 0.25) is 0 Å². The summed E-state index contributed by atoms with van der Waals surface area (Å²) in [4.78, 5) is 11.9. The molecule has 0 fully saturated rings. The minimum Gasteiger partial charge on any atom is -0.493 e. The predicted octanol–water partition coefficient (Wildman–Crippen LogP) is 4.67. The van der Waals surface area contributed by atoms with E-state index in [1.807, 2.05) is 11.4 Å². The third-order valence-corrected chi connectivity index (χ3v) is 4.63. The maximum atomic E-state index is 10.8. The summed E-state index contributed by atoms with van der Waals surface area (Å²) in [5.74, 6) is 1.13. The molecular weight excluding hydrogens is 396 g/mol. The molecule has 1 aromatic carbocycles. The SMILES string of the molecule is COc1cc(C=O)cc(Br)c1OCc1cc(Br)cs1. The molecule has 2 rings (SSSR count). The van der Waals surface area contributed by atoms with Crippen molar-refractivity contribution < 1.29 is 14.3 Å². The second kappa shape index (κ2) is 6.54. The van der Waals surface area contributed by atoms with Gasteiger partial charge in [-0.2, -0.15) is 0 Å². The third kappa shape index (κ3) is 3.58. The number of benzene rings is 1. The van der Waals surface area contributed by atoms with Gasteiger partial charge in [-0.1, -0.05) is 0 Å². The summed E-state index contributed by atoms with van der Waals surface area (Å²) in [6, 6.07) is 5.36. The zero-order valence-corrected chi connectivity index (χ0v) is 14.0. The van der Waals surface area contributed by atoms with E-state index < -0.39 is 0 Å². The zero-order chi connectivity index (χ0) is 13.8. The maximum absolute atomic E-state index is 10.8. The number of rotatable bonds is 5. The fourth-order valence-electron chi connectivity index (χ4n) is 1.52. The lowest BCUT2D eigenvalue weighted by molar-refractivity contribution is 0.112. The molecule has 1 aromatic heterocycles. The molecule has 0 N–H and O–H groups in total. The summed E-state index contributed by atoms with van der Waals surface area (Å²) < 4.78 is 12.7. The second-order valence-electron chi connectivity index (χ2n) is 3.67. The van der Waals surface area contributed by atoms with Gasteiger partial charge in [0.05, 0.1) is 11.6 Å². The minimum absolute atomic E-state index is 0.450. The van der Waals surface area contributed by atoms with Crippen molar-refractivity contribution >= 4 is 49.5 Å². The van der Waals surface area contributed by atoms with Gasteiger partial charge in [0.25, 0.3) is 0 Å². The van der Waals surface area contributed by atoms with Gasteiger partial charge in [0.1, 0.15) is 12.9 Å². The van der Waals surface area contributed by atoms with E-state index in [0.29, 0.717) is 28.1 Å². The van der Waals surface area contributed by atoms with E-state index in [9.17, 15) is 4.79 Å². The van der Waals surface area contributed by atoms with Gasteiger partial charge in [-0.05, 0) is 50.1 Å². The van der Waals surface area contributed by atoms with Gasteiger partial charge in [-0.3, -0.25) is 4.79 Å². The fraction of sp³-hybridized carbons (Fsp3) is 0.154. The van der Waals surface area contributed by atoms with E-state index in [0.717, 1.165) is 15.6 Å². The van der Waals surface area contributed by atoms with Crippen molar-refractivity contribution in [2.75, 3.05) is 7.11 Å². The van der Waals surface area contributed by atoms with Crippen LogP contribution in [0.5, 0.6) is 11.5 Å². The lowest BCUT2D eigenvalue weighted by Gasteiger charge is -2.12. The van der Waals surface area contributed by atoms with Crippen LogP contribution in [0.1, 0.15) is 15.2 Å². The van der Waals surface area contributed by atoms with E-state index >= 15 is 0 Å². The largest absolute Gasteiger partial charge is 0.493 e. The van der Waals surface area contributed by atoms with Crippen molar-refractivity contribution in [2.24, 2.45) is 0 Å². The summed E-state index contributed by atoms with van der Waals surface area (Å²) in [6.07, 6.45) is 0.771. The lowest BCUT2D eigenvalue weighted by atomic mass is 10.2. The Hall–Kier alpha value is -0.850. The molecule has 1 heterocycles. The molecule has 0 saturated heterocycles. The summed E-state index contributed by atoms with van der Waals surface area (Å²) >= 11 is 8.40. The molecule has 0 spiro atoms. The van der Waals surface area contributed by atoms with E-state index in [1.165, 1.54) is 0 Å². The molecule has 0 atom stereocenters. The topological polar surface area (TPSA) is 35.5 Å². The number of carbonyl (C=O) groups excluding carboxylic acids is 1. The Morgan fingerprint density at radius 2 is 2.11 bits per heavy atom. The zero-order valence-electron chi connectivity index (χ0n) is 9.98. The van der Waals surface area contributed by atoms with Crippen LogP contribution < -0.4 is 9.47 Å². The summed E-state index contributed by atoms with van der Waals surface area (Å²) in [6.45, 7) is 0.450. The van der Waals surface area contributed by atoms with E-state index in [2.05, 4.69) is 31.9 Å². The molecule has 0 aliphatic carbocycles. The first kappa shape index (κ1) is 14.6. The average molecular weight is 406 g/mol. The Bertz CT molecular complexity index is 596. The highest BCUT2D eigenvalue weighted by Gasteiger charge is 2.12. The Morgan fingerprint density at radius 1 is 1.32 bits per heavy atom. The second-order valence-corrected chi connectivity index (χ2v) is 6.44. The Balaban J connectivity index is 2.21. The van der Waals surface area contributed by atoms with Crippen LogP contribution in [0.25, 0.3) is 0 Å². The molecule has 19 heavy (non-hydrogen) atoms. The Kier molecular flexibility index (Phi) is 5.01. The number of methoxy groups -OCH3 is 1. The first-order valence-corrected chi connectivity index (χ1v) is 7.79. The number of halogens is 2. The Morgan fingerprint density at radius 3 is 2.68 bits per heavy atom. The van der Waals surface area contributed by atoms with Crippen molar-refractivity contribution in [3.63, 3.8) is 0 Å². The molecule has 0 bridgehead atoms. The van der Waals surface area contributed by atoms with Crippen molar-refractivity contribution in [2.45, 2.75) is 6.61 Å². The molecule has 0 saturated carbocycles. The van der Waals surface area contributed by atoms with E-state index in [4.69, 9.17) is 9.47 Å². The molecule has 6 heteroatoms. The number of aldehydes is 1. The monoisotopic (exact) mass is 404 g/mol. The average Bonchev–Trinajstić information content (AvgIpc) is 2.82. The molecule has 0 amide bonds. The minimum atomic E-state index is 0.450. The number of thiophene rings is 1. The number of carbonyl (C=O) groups is 1. The van der Waals surface area contributed by atoms with Crippen molar-refractivity contribution in [3.8, 4) is 11.5 Å². The van der Waals surface area contributed by atoms with Gasteiger partial charge in [0.2, 0.25) is 0 Å². The highest BCUT2D eigenvalue weighted by atomic mass is 79.9. The summed E-state index contributed by atoms with van der Waals surface area (Å²) in [7, 11) is 1.55. The highest BCUT2D eigenvalue weighted by molar-refractivity contribution is 9.10. The van der Waals surface area contributed by atoms with E-state index in [1.54, 1.807) is 30.6 Å². The van der Waals surface area contributed by atoms with Gasteiger partial charge in [-0.25, -0.2) is 0 Å². The molecule has 100 valence electrons. The summed E-state index contributed by atoms with van der Waals surface area (Å²) in [5, 5.41) is 2.00.